The summed E-state index contributed by atoms with van der Waals surface area (Å²) in [5.74, 6) is 0. The Morgan fingerprint density at radius 1 is 0.654 bits per heavy atom. The van der Waals surface area contributed by atoms with Crippen molar-refractivity contribution in [2.45, 2.75) is 104 Å². The third-order valence-electron chi connectivity index (χ3n) is 13.1. The van der Waals surface area contributed by atoms with Gasteiger partial charge in [0.2, 0.25) is 0 Å². The molecule has 0 heterocycles. The van der Waals surface area contributed by atoms with Gasteiger partial charge < -0.3 is 0 Å². The minimum atomic E-state index is -4.81. The zero-order chi connectivity index (χ0) is 35.7. The third-order valence-corrected chi connectivity index (χ3v) is 30.2. The molecule has 52 heavy (non-hydrogen) atoms. The summed E-state index contributed by atoms with van der Waals surface area (Å²) in [5, 5.41) is 0. The van der Waals surface area contributed by atoms with Crippen LogP contribution >= 0.6 is 24.8 Å². The van der Waals surface area contributed by atoms with Crippen LogP contribution in [0.25, 0.3) is 23.3 Å². The molecule has 0 spiro atoms. The molecule has 0 bridgehead atoms. The van der Waals surface area contributed by atoms with Crippen molar-refractivity contribution < 1.29 is 18.3 Å². The van der Waals surface area contributed by atoms with Gasteiger partial charge in [-0.2, -0.15) is 0 Å². The molecule has 4 aliphatic rings. The van der Waals surface area contributed by atoms with Crippen LogP contribution in [0.3, 0.4) is 0 Å². The maximum absolute atomic E-state index is 5.76. The number of hydrogen-bond donors (Lipinski definition) is 0. The Labute approximate surface area is 326 Å². The molecule has 0 saturated heterocycles. The van der Waals surface area contributed by atoms with Crippen LogP contribution in [0.15, 0.2) is 104 Å². The van der Waals surface area contributed by atoms with E-state index in [-0.39, 0.29) is 46.5 Å². The molecule has 4 aromatic carbocycles. The first-order valence-electron chi connectivity index (χ1n) is 18.7. The molecular formula is C49H56Cl2Zr. The van der Waals surface area contributed by atoms with Gasteiger partial charge in [-0.3, -0.25) is 0 Å². The molecule has 3 heteroatoms. The molecule has 8 rings (SSSR count). The summed E-state index contributed by atoms with van der Waals surface area (Å²) >= 11 is -4.81. The normalized spacial score (nSPS) is 17.8. The Kier molecular flexibility index (Phi) is 9.23. The molecule has 0 aliphatic heterocycles. The summed E-state index contributed by atoms with van der Waals surface area (Å²) in [6.07, 6.45) is 16.4. The fourth-order valence-electron chi connectivity index (χ4n) is 9.95. The van der Waals surface area contributed by atoms with Crippen molar-refractivity contribution in [1.82, 2.24) is 0 Å². The van der Waals surface area contributed by atoms with E-state index in [9.17, 15) is 0 Å². The van der Waals surface area contributed by atoms with Crippen molar-refractivity contribution in [2.24, 2.45) is 0 Å². The number of allylic oxidation sites excluding steroid dienone is 6. The molecular weight excluding hydrogens is 751 g/mol. The summed E-state index contributed by atoms with van der Waals surface area (Å²) in [6.45, 7) is 23.6. The molecule has 0 fully saturated rings. The van der Waals surface area contributed by atoms with Crippen LogP contribution in [0.5, 0.6) is 0 Å². The summed E-state index contributed by atoms with van der Waals surface area (Å²) in [5.41, 5.74) is 14.3. The molecule has 4 aromatic rings. The van der Waals surface area contributed by atoms with Crippen LogP contribution in [-0.4, -0.2) is 4.21 Å². The molecule has 4 aliphatic carbocycles. The second-order valence-corrected chi connectivity index (χ2v) is 31.9. The zero-order valence-corrected chi connectivity index (χ0v) is 36.9. The van der Waals surface area contributed by atoms with E-state index in [0.717, 1.165) is 12.8 Å². The summed E-state index contributed by atoms with van der Waals surface area (Å²) in [6, 6.07) is 29.6. The van der Waals surface area contributed by atoms with E-state index >= 15 is 0 Å². The number of benzene rings is 4. The average molecular weight is 807 g/mol. The number of hydrogen-bond acceptors (Lipinski definition) is 0. The fourth-order valence-corrected chi connectivity index (χ4v) is 26.8. The van der Waals surface area contributed by atoms with E-state index in [4.69, 9.17) is 4.21 Å². The Hall–Kier alpha value is -2.83. The first kappa shape index (κ1) is 38.9. The van der Waals surface area contributed by atoms with Crippen molar-refractivity contribution in [2.75, 3.05) is 0 Å². The third kappa shape index (κ3) is 5.42. The SMILES string of the molecule is Cl.Cl.[CH2]=[Zr]([C]1=CC=CC1)([C]1=Cc2cc3c(cc2C1(C)C)Cc1cc2c(cc1-3)C=CC2(C)C)([c]1ccc(C(C)(C)C)cc1)[c]1ccc(C(C)(C)C)cc1. The van der Waals surface area contributed by atoms with Gasteiger partial charge in [-0.05, 0) is 0 Å². The molecule has 0 saturated carbocycles. The first-order chi connectivity index (χ1) is 23.3. The summed E-state index contributed by atoms with van der Waals surface area (Å²) in [7, 11) is 0. The predicted octanol–water partition coefficient (Wildman–Crippen LogP) is 12.2. The van der Waals surface area contributed by atoms with E-state index in [0.29, 0.717) is 0 Å². The van der Waals surface area contributed by atoms with Gasteiger partial charge in [-0.1, -0.05) is 0 Å². The van der Waals surface area contributed by atoms with E-state index in [1.165, 1.54) is 65.5 Å². The van der Waals surface area contributed by atoms with E-state index in [1.807, 2.05) is 0 Å². The second kappa shape index (κ2) is 12.3. The van der Waals surface area contributed by atoms with Crippen molar-refractivity contribution in [3.05, 3.63) is 148 Å². The minimum absolute atomic E-state index is 0. The second-order valence-electron chi connectivity index (χ2n) is 19.0. The fraction of sp³-hybridized carbons (Fsp3) is 0.327. The Balaban J connectivity index is 0.00000232. The monoisotopic (exact) mass is 804 g/mol. The van der Waals surface area contributed by atoms with Crippen LogP contribution in [-0.2, 0) is 46.4 Å². The molecule has 0 aromatic heterocycles. The molecule has 0 nitrogen and oxygen atoms in total. The van der Waals surface area contributed by atoms with Crippen LogP contribution in [0.4, 0.5) is 0 Å². The molecule has 0 unspecified atom stereocenters. The van der Waals surface area contributed by atoms with Gasteiger partial charge in [0.15, 0.2) is 0 Å². The van der Waals surface area contributed by atoms with Gasteiger partial charge >= 0.3 is 304 Å². The van der Waals surface area contributed by atoms with Crippen molar-refractivity contribution in [3.8, 4) is 11.1 Å². The Morgan fingerprint density at radius 3 is 1.63 bits per heavy atom. The number of rotatable bonds is 4. The van der Waals surface area contributed by atoms with Crippen LogP contribution in [0.1, 0.15) is 120 Å². The summed E-state index contributed by atoms with van der Waals surface area (Å²) in [4.78, 5) is 0. The van der Waals surface area contributed by atoms with Crippen molar-refractivity contribution in [1.29, 1.82) is 0 Å². The van der Waals surface area contributed by atoms with Crippen LogP contribution < -0.4 is 6.54 Å². The van der Waals surface area contributed by atoms with Crippen molar-refractivity contribution in [3.63, 3.8) is 0 Å². The molecule has 0 amide bonds. The van der Waals surface area contributed by atoms with E-state index in [2.05, 4.69) is 178 Å². The van der Waals surface area contributed by atoms with E-state index in [1.54, 1.807) is 3.28 Å². The molecule has 0 radical (unpaired) electrons. The molecule has 0 N–H and O–H groups in total. The maximum atomic E-state index is 5.76. The molecule has 270 valence electrons. The van der Waals surface area contributed by atoms with Gasteiger partial charge in [0.05, 0.1) is 0 Å². The standard InChI is InChI=1S/C23H21.2C10H13.C5H5.CH2.2ClH.Zr/c1-22(2)7-5-14-10-18-16(12-20(14)22)9-17-13-21-15(11-19(17)18)6-8-23(21,3)4;2*1-10(2,3)9-7-5-4-6-8-9;1-2-4-5-3-1;;;;/h5-7,10-13H,9H2,1-4H3;2*5-8H,1-3H3;1-3H,4H2;1H2;2*1H;. The number of fused-ring (bicyclic) bond motifs is 5. The van der Waals surface area contributed by atoms with Crippen LogP contribution in [0, 0.1) is 0 Å². The quantitative estimate of drug-likeness (QED) is 0.170. The Morgan fingerprint density at radius 2 is 1.15 bits per heavy atom. The topological polar surface area (TPSA) is 0 Å². The van der Waals surface area contributed by atoms with E-state index < -0.39 is 18.3 Å². The molecule has 0 atom stereocenters. The first-order valence-corrected chi connectivity index (χ1v) is 25.4. The van der Waals surface area contributed by atoms with Gasteiger partial charge in [0.25, 0.3) is 0 Å². The van der Waals surface area contributed by atoms with Gasteiger partial charge in [0.1, 0.15) is 0 Å². The van der Waals surface area contributed by atoms with Crippen LogP contribution in [0.2, 0.25) is 0 Å². The number of halogens is 2. The van der Waals surface area contributed by atoms with Crippen molar-refractivity contribution >= 4 is 47.7 Å². The average Bonchev–Trinajstić information content (AvgIpc) is 3.84. The van der Waals surface area contributed by atoms with Gasteiger partial charge in [0, 0.05) is 0 Å². The van der Waals surface area contributed by atoms with Gasteiger partial charge in [-0.25, -0.2) is 0 Å². The Bertz CT molecular complexity index is 2240. The summed E-state index contributed by atoms with van der Waals surface area (Å²) < 4.78 is 11.7. The predicted molar refractivity (Wildman–Crippen MR) is 231 cm³/mol. The zero-order valence-electron chi connectivity index (χ0n) is 32.8. The van der Waals surface area contributed by atoms with Gasteiger partial charge in [-0.15, -0.1) is 24.8 Å².